The number of halogens is 1. The van der Waals surface area contributed by atoms with Crippen LogP contribution in [0.25, 0.3) is 10.1 Å². The minimum absolute atomic E-state index is 0.0822. The van der Waals surface area contributed by atoms with Gasteiger partial charge in [0, 0.05) is 35.0 Å². The van der Waals surface area contributed by atoms with Crippen LogP contribution in [-0.4, -0.2) is 32.1 Å². The van der Waals surface area contributed by atoms with Crippen molar-refractivity contribution in [1.29, 1.82) is 0 Å². The lowest BCUT2D eigenvalue weighted by Gasteiger charge is -2.29. The number of rotatable bonds is 5. The van der Waals surface area contributed by atoms with Crippen LogP contribution in [0, 0.1) is 5.82 Å². The maximum Gasteiger partial charge on any atom is 0.349 e. The second kappa shape index (κ2) is 8.31. The zero-order valence-corrected chi connectivity index (χ0v) is 16.8. The summed E-state index contributed by atoms with van der Waals surface area (Å²) in [5.74, 6) is -1.33. The summed E-state index contributed by atoms with van der Waals surface area (Å²) < 4.78 is 25.4. The number of nitrogens with zero attached hydrogens (tertiary/aromatic N) is 1. The first kappa shape index (κ1) is 19.5. The van der Waals surface area contributed by atoms with Gasteiger partial charge in [0.2, 0.25) is 0 Å². The first-order valence-electron chi connectivity index (χ1n) is 9.34. The van der Waals surface area contributed by atoms with E-state index in [-0.39, 0.29) is 24.0 Å². The van der Waals surface area contributed by atoms with E-state index in [0.29, 0.717) is 22.2 Å². The molecule has 1 amide bonds. The van der Waals surface area contributed by atoms with Gasteiger partial charge in [-0.1, -0.05) is 24.3 Å². The quantitative estimate of drug-likeness (QED) is 0.585. The van der Waals surface area contributed by atoms with E-state index in [0.717, 1.165) is 35.4 Å². The predicted molar refractivity (Wildman–Crippen MR) is 110 cm³/mol. The summed E-state index contributed by atoms with van der Waals surface area (Å²) in [5, 5.41) is 0.364. The molecule has 4 rings (SSSR count). The van der Waals surface area contributed by atoms with Crippen LogP contribution in [0.3, 0.4) is 0 Å². The number of methoxy groups -OCH3 is 1. The molecule has 29 heavy (non-hydrogen) atoms. The number of thiophene rings is 1. The molecule has 0 atom stereocenters. The number of para-hydroxylation sites is 1. The molecule has 1 aliphatic rings. The molecule has 5 nitrogen and oxygen atoms in total. The fraction of sp³-hybridized carbons (Fsp3) is 0.273. The van der Waals surface area contributed by atoms with E-state index >= 15 is 0 Å². The number of hydrogen-bond donors (Lipinski definition) is 0. The van der Waals surface area contributed by atoms with Crippen LogP contribution in [0.4, 0.5) is 10.1 Å². The summed E-state index contributed by atoms with van der Waals surface area (Å²) in [6.45, 7) is 0.311. The molecule has 0 N–H and O–H groups in total. The summed E-state index contributed by atoms with van der Waals surface area (Å²) in [5.41, 5.74) is 2.43. The molecule has 150 valence electrons. The molecule has 0 bridgehead atoms. The number of anilines is 1. The minimum Gasteiger partial charge on any atom is -0.451 e. The average molecular weight is 413 g/mol. The van der Waals surface area contributed by atoms with Crippen LogP contribution >= 0.6 is 11.3 Å². The van der Waals surface area contributed by atoms with Gasteiger partial charge in [-0.3, -0.25) is 4.79 Å². The normalized spacial score (nSPS) is 13.4. The van der Waals surface area contributed by atoms with Gasteiger partial charge in [-0.2, -0.15) is 0 Å². The maximum absolute atomic E-state index is 14.3. The van der Waals surface area contributed by atoms with Crippen molar-refractivity contribution in [1.82, 2.24) is 0 Å². The van der Waals surface area contributed by atoms with E-state index < -0.39 is 11.8 Å². The third kappa shape index (κ3) is 3.75. The van der Waals surface area contributed by atoms with Gasteiger partial charge in [0.05, 0.1) is 6.61 Å². The molecule has 3 aromatic rings. The van der Waals surface area contributed by atoms with Crippen LogP contribution in [0.15, 0.2) is 42.5 Å². The predicted octanol–water partition coefficient (Wildman–Crippen LogP) is 4.32. The Bertz CT molecular complexity index is 1080. The molecule has 0 unspecified atom stereocenters. The Morgan fingerprint density at radius 2 is 2.00 bits per heavy atom. The number of amides is 1. The summed E-state index contributed by atoms with van der Waals surface area (Å²) in [4.78, 5) is 27.3. The lowest BCUT2D eigenvalue weighted by molar-refractivity contribution is -0.121. The highest BCUT2D eigenvalue weighted by Gasteiger charge is 2.25. The number of esters is 1. The van der Waals surface area contributed by atoms with Crippen LogP contribution in [0.2, 0.25) is 0 Å². The standard InChI is InChI=1S/C22H20FNO4S/c1-27-12-15-20-16(23)8-4-10-18(20)29-21(15)22(26)28-13-19(25)24-11-5-7-14-6-2-3-9-17(14)24/h2-4,6,8-10H,5,7,11-13H2,1H3. The van der Waals surface area contributed by atoms with Gasteiger partial charge in [0.15, 0.2) is 6.61 Å². The first-order valence-corrected chi connectivity index (χ1v) is 10.2. The molecule has 0 fully saturated rings. The van der Waals surface area contributed by atoms with Gasteiger partial charge >= 0.3 is 5.97 Å². The summed E-state index contributed by atoms with van der Waals surface area (Å²) in [7, 11) is 1.48. The fourth-order valence-electron chi connectivity index (χ4n) is 3.68. The molecular formula is C22H20FNO4S. The average Bonchev–Trinajstić information content (AvgIpc) is 3.11. The van der Waals surface area contributed by atoms with Crippen molar-refractivity contribution in [3.8, 4) is 0 Å². The number of ether oxygens (including phenoxy) is 2. The highest BCUT2D eigenvalue weighted by Crippen LogP contribution is 2.34. The van der Waals surface area contributed by atoms with Crippen LogP contribution in [0.5, 0.6) is 0 Å². The Morgan fingerprint density at radius 1 is 1.17 bits per heavy atom. The van der Waals surface area contributed by atoms with Gasteiger partial charge in [-0.25, -0.2) is 9.18 Å². The Labute approximate surface area is 171 Å². The number of carbonyl (C=O) groups is 2. The van der Waals surface area contributed by atoms with Crippen molar-refractivity contribution in [2.75, 3.05) is 25.2 Å². The van der Waals surface area contributed by atoms with Crippen molar-refractivity contribution in [3.63, 3.8) is 0 Å². The van der Waals surface area contributed by atoms with Crippen molar-refractivity contribution in [3.05, 3.63) is 64.3 Å². The Kier molecular flexibility index (Phi) is 5.60. The van der Waals surface area contributed by atoms with Crippen molar-refractivity contribution in [2.45, 2.75) is 19.4 Å². The third-order valence-corrected chi connectivity index (χ3v) is 6.15. The van der Waals surface area contributed by atoms with Gasteiger partial charge in [-0.15, -0.1) is 11.3 Å². The number of hydrogen-bond acceptors (Lipinski definition) is 5. The van der Waals surface area contributed by atoms with E-state index in [9.17, 15) is 14.0 Å². The zero-order chi connectivity index (χ0) is 20.4. The molecule has 0 spiro atoms. The fourth-order valence-corrected chi connectivity index (χ4v) is 4.79. The molecule has 0 saturated carbocycles. The van der Waals surface area contributed by atoms with E-state index in [1.807, 2.05) is 24.3 Å². The number of aryl methyl sites for hydroxylation is 1. The van der Waals surface area contributed by atoms with Crippen molar-refractivity contribution >= 4 is 39.0 Å². The summed E-state index contributed by atoms with van der Waals surface area (Å²) >= 11 is 1.14. The Morgan fingerprint density at radius 3 is 2.83 bits per heavy atom. The number of fused-ring (bicyclic) bond motifs is 2. The molecule has 0 aliphatic carbocycles. The molecule has 2 aromatic carbocycles. The first-order chi connectivity index (χ1) is 14.1. The van der Waals surface area contributed by atoms with E-state index in [1.54, 1.807) is 17.0 Å². The summed E-state index contributed by atoms with van der Waals surface area (Å²) in [6, 6.07) is 12.4. The van der Waals surface area contributed by atoms with Gasteiger partial charge in [0.1, 0.15) is 10.7 Å². The van der Waals surface area contributed by atoms with Crippen molar-refractivity contribution < 1.29 is 23.5 Å². The van der Waals surface area contributed by atoms with E-state index in [1.165, 1.54) is 13.2 Å². The molecule has 0 saturated heterocycles. The lowest BCUT2D eigenvalue weighted by atomic mass is 10.0. The molecule has 0 radical (unpaired) electrons. The van der Waals surface area contributed by atoms with Crippen molar-refractivity contribution in [2.24, 2.45) is 0 Å². The number of benzene rings is 2. The largest absolute Gasteiger partial charge is 0.451 e. The molecule has 2 heterocycles. The van der Waals surface area contributed by atoms with Gasteiger partial charge < -0.3 is 14.4 Å². The SMILES string of the molecule is COCc1c(C(=O)OCC(=O)N2CCCc3ccccc32)sc2cccc(F)c12. The maximum atomic E-state index is 14.3. The minimum atomic E-state index is -0.642. The Hall–Kier alpha value is -2.77. The third-order valence-electron chi connectivity index (χ3n) is 4.98. The number of carbonyl (C=O) groups excluding carboxylic acids is 2. The highest BCUT2D eigenvalue weighted by molar-refractivity contribution is 7.21. The molecule has 1 aromatic heterocycles. The molecule has 1 aliphatic heterocycles. The second-order valence-electron chi connectivity index (χ2n) is 6.81. The van der Waals surface area contributed by atoms with Crippen LogP contribution in [0.1, 0.15) is 27.2 Å². The monoisotopic (exact) mass is 413 g/mol. The lowest BCUT2D eigenvalue weighted by Crippen LogP contribution is -2.38. The van der Waals surface area contributed by atoms with Gasteiger partial charge in [0.25, 0.3) is 5.91 Å². The van der Waals surface area contributed by atoms with Gasteiger partial charge in [-0.05, 0) is 36.6 Å². The second-order valence-corrected chi connectivity index (χ2v) is 7.86. The Balaban J connectivity index is 1.53. The van der Waals surface area contributed by atoms with Crippen LogP contribution in [-0.2, 0) is 27.3 Å². The summed E-state index contributed by atoms with van der Waals surface area (Å²) in [6.07, 6.45) is 1.79. The topological polar surface area (TPSA) is 55.8 Å². The van der Waals surface area contributed by atoms with Crippen LogP contribution < -0.4 is 4.90 Å². The van der Waals surface area contributed by atoms with E-state index in [2.05, 4.69) is 0 Å². The molecular weight excluding hydrogens is 393 g/mol. The van der Waals surface area contributed by atoms with E-state index in [4.69, 9.17) is 9.47 Å². The zero-order valence-electron chi connectivity index (χ0n) is 15.9. The highest BCUT2D eigenvalue weighted by atomic mass is 32.1. The molecule has 7 heteroatoms. The smallest absolute Gasteiger partial charge is 0.349 e.